The zero-order chi connectivity index (χ0) is 26.6. The number of aromatic carboxylic acids is 1. The highest BCUT2D eigenvalue weighted by atomic mass is 19.1. The van der Waals surface area contributed by atoms with E-state index in [2.05, 4.69) is 15.6 Å². The number of nitrogens with zero attached hydrogens (tertiary/aromatic N) is 3. The van der Waals surface area contributed by atoms with Crippen molar-refractivity contribution in [1.29, 1.82) is 0 Å². The van der Waals surface area contributed by atoms with Crippen LogP contribution in [0.2, 0.25) is 0 Å². The number of benzene rings is 3. The molecule has 5 rings (SSSR count). The molecule has 0 saturated heterocycles. The molecule has 38 heavy (non-hydrogen) atoms. The molecule has 0 unspecified atom stereocenters. The number of furan rings is 1. The molecule has 2 aromatic heterocycles. The Hall–Kier alpha value is -4.99. The number of aromatic nitrogens is 3. The quantitative estimate of drug-likeness (QED) is 0.215. The fraction of sp³-hybridized carbons (Fsp3) is 0.143. The van der Waals surface area contributed by atoms with Gasteiger partial charge < -0.3 is 19.9 Å². The van der Waals surface area contributed by atoms with Crippen LogP contribution in [0.3, 0.4) is 0 Å². The fourth-order valence-corrected chi connectivity index (χ4v) is 4.22. The first kappa shape index (κ1) is 24.7. The number of carboxylic acid groups (broad SMARTS) is 1. The average Bonchev–Trinajstić information content (AvgIpc) is 3.50. The van der Waals surface area contributed by atoms with Crippen molar-refractivity contribution in [3.05, 3.63) is 84.3 Å². The number of phenols is 1. The topological polar surface area (TPSA) is 130 Å². The van der Waals surface area contributed by atoms with Crippen LogP contribution < -0.4 is 5.32 Å². The van der Waals surface area contributed by atoms with Crippen LogP contribution in [0.4, 0.5) is 10.1 Å². The first-order valence-electron chi connectivity index (χ1n) is 11.9. The Morgan fingerprint density at radius 1 is 1.03 bits per heavy atom. The highest BCUT2D eigenvalue weighted by molar-refractivity contribution is 6.05. The summed E-state index contributed by atoms with van der Waals surface area (Å²) in [6.07, 6.45) is 3.23. The third-order valence-electron chi connectivity index (χ3n) is 6.02. The normalized spacial score (nSPS) is 11.1. The van der Waals surface area contributed by atoms with E-state index in [4.69, 9.17) is 4.42 Å². The second kappa shape index (κ2) is 10.6. The van der Waals surface area contributed by atoms with Crippen LogP contribution in [0, 0.1) is 5.82 Å². The highest BCUT2D eigenvalue weighted by Gasteiger charge is 2.23. The summed E-state index contributed by atoms with van der Waals surface area (Å²) >= 11 is 0. The Bertz CT molecular complexity index is 1630. The number of aryl methyl sites for hydroxylation is 1. The molecule has 3 aromatic carbocycles. The summed E-state index contributed by atoms with van der Waals surface area (Å²) in [7, 11) is 0. The Balaban J connectivity index is 1.34. The molecule has 192 valence electrons. The third-order valence-corrected chi connectivity index (χ3v) is 6.02. The smallest absolute Gasteiger partial charge is 0.339 e. The van der Waals surface area contributed by atoms with Gasteiger partial charge in [0.2, 0.25) is 5.91 Å². The number of nitrogens with one attached hydrogen (secondary N) is 1. The molecule has 0 aliphatic heterocycles. The van der Waals surface area contributed by atoms with E-state index in [0.717, 1.165) is 5.56 Å². The van der Waals surface area contributed by atoms with E-state index in [1.807, 2.05) is 30.3 Å². The molecule has 0 fully saturated rings. The predicted octanol–water partition coefficient (Wildman–Crippen LogP) is 5.71. The number of amides is 1. The molecule has 5 aromatic rings. The van der Waals surface area contributed by atoms with Crippen molar-refractivity contribution in [2.75, 3.05) is 5.32 Å². The van der Waals surface area contributed by atoms with Gasteiger partial charge in [-0.2, -0.15) is 0 Å². The number of carbonyl (C=O) groups is 2. The number of aromatic hydroxyl groups is 1. The van der Waals surface area contributed by atoms with E-state index in [9.17, 15) is 24.2 Å². The van der Waals surface area contributed by atoms with Crippen LogP contribution in [0.25, 0.3) is 33.6 Å². The molecule has 10 heteroatoms. The Morgan fingerprint density at radius 3 is 2.61 bits per heavy atom. The molecule has 3 N–H and O–H groups in total. The molecule has 0 radical (unpaired) electrons. The number of fused-ring (bicyclic) bond motifs is 1. The molecule has 0 aliphatic rings. The van der Waals surface area contributed by atoms with Crippen molar-refractivity contribution in [2.24, 2.45) is 0 Å². The van der Waals surface area contributed by atoms with Gasteiger partial charge in [0, 0.05) is 35.7 Å². The number of hydrogen-bond donors (Lipinski definition) is 3. The van der Waals surface area contributed by atoms with Gasteiger partial charge in [-0.05, 0) is 37.1 Å². The minimum absolute atomic E-state index is 0.204. The van der Waals surface area contributed by atoms with E-state index in [-0.39, 0.29) is 17.9 Å². The van der Waals surface area contributed by atoms with E-state index >= 15 is 0 Å². The summed E-state index contributed by atoms with van der Waals surface area (Å²) in [5.41, 5.74) is 2.29. The highest BCUT2D eigenvalue weighted by Crippen LogP contribution is 2.42. The van der Waals surface area contributed by atoms with Gasteiger partial charge in [0.25, 0.3) is 0 Å². The van der Waals surface area contributed by atoms with Crippen molar-refractivity contribution >= 4 is 28.5 Å². The van der Waals surface area contributed by atoms with Crippen molar-refractivity contribution in [3.63, 3.8) is 0 Å². The number of carboxylic acids is 1. The van der Waals surface area contributed by atoms with Gasteiger partial charge in [-0.1, -0.05) is 41.6 Å². The lowest BCUT2D eigenvalue weighted by Crippen LogP contribution is -2.11. The van der Waals surface area contributed by atoms with Gasteiger partial charge in [-0.15, -0.1) is 5.10 Å². The van der Waals surface area contributed by atoms with Crippen LogP contribution in [-0.2, 0) is 11.3 Å². The van der Waals surface area contributed by atoms with Gasteiger partial charge in [-0.25, -0.2) is 9.18 Å². The summed E-state index contributed by atoms with van der Waals surface area (Å²) < 4.78 is 21.0. The molecule has 1 amide bonds. The lowest BCUT2D eigenvalue weighted by Gasteiger charge is -2.05. The number of rotatable bonds is 9. The minimum atomic E-state index is -1.26. The van der Waals surface area contributed by atoms with Crippen molar-refractivity contribution in [1.82, 2.24) is 15.0 Å². The Morgan fingerprint density at radius 2 is 1.84 bits per heavy atom. The summed E-state index contributed by atoms with van der Waals surface area (Å²) in [4.78, 5) is 23.8. The maximum absolute atomic E-state index is 13.3. The predicted molar refractivity (Wildman–Crippen MR) is 138 cm³/mol. The van der Waals surface area contributed by atoms with Crippen LogP contribution in [0.1, 0.15) is 29.6 Å². The lowest BCUT2D eigenvalue weighted by atomic mass is 10.0. The number of anilines is 1. The SMILES string of the molecule is O=C(CCCCn1cc(-c2c(-c3ccccc3)oc3cc(O)c(C(=O)O)cc23)nn1)Nc1cccc(F)c1. The first-order valence-corrected chi connectivity index (χ1v) is 11.9. The van der Waals surface area contributed by atoms with E-state index < -0.39 is 17.5 Å². The molecular formula is C28H23FN4O5. The molecular weight excluding hydrogens is 491 g/mol. The molecule has 0 atom stereocenters. The number of halogens is 1. The van der Waals surface area contributed by atoms with Crippen molar-refractivity contribution < 1.29 is 28.6 Å². The molecule has 0 bridgehead atoms. The maximum atomic E-state index is 13.3. The van der Waals surface area contributed by atoms with Crippen molar-refractivity contribution in [2.45, 2.75) is 25.8 Å². The summed E-state index contributed by atoms with van der Waals surface area (Å²) in [5.74, 6) is -1.80. The molecule has 0 spiro atoms. The lowest BCUT2D eigenvalue weighted by molar-refractivity contribution is -0.116. The second-order valence-electron chi connectivity index (χ2n) is 8.73. The van der Waals surface area contributed by atoms with Gasteiger partial charge in [0.15, 0.2) is 0 Å². The van der Waals surface area contributed by atoms with Gasteiger partial charge in [0.05, 0.1) is 11.8 Å². The standard InChI is InChI=1S/C28H23FN4O5/c29-18-9-6-10-19(13-18)30-25(35)11-4-5-12-33-16-22(31-32-33)26-21-14-20(28(36)37)23(34)15-24(21)38-27(26)17-7-2-1-3-8-17/h1-3,6-10,13-16,34H,4-5,11-12H2,(H,30,35)(H,36,37). The van der Waals surface area contributed by atoms with E-state index in [0.29, 0.717) is 53.1 Å². The van der Waals surface area contributed by atoms with Gasteiger partial charge in [0.1, 0.15) is 34.2 Å². The van der Waals surface area contributed by atoms with E-state index in [1.54, 1.807) is 16.9 Å². The Kier molecular flexibility index (Phi) is 6.86. The monoisotopic (exact) mass is 514 g/mol. The largest absolute Gasteiger partial charge is 0.507 e. The number of carbonyl (C=O) groups excluding carboxylic acids is 1. The zero-order valence-corrected chi connectivity index (χ0v) is 20.1. The number of hydrogen-bond acceptors (Lipinski definition) is 6. The second-order valence-corrected chi connectivity index (χ2v) is 8.73. The minimum Gasteiger partial charge on any atom is -0.507 e. The third kappa shape index (κ3) is 5.24. The summed E-state index contributed by atoms with van der Waals surface area (Å²) in [6.45, 7) is 0.498. The van der Waals surface area contributed by atoms with Crippen LogP contribution >= 0.6 is 0 Å². The van der Waals surface area contributed by atoms with Gasteiger partial charge >= 0.3 is 5.97 Å². The van der Waals surface area contributed by atoms with E-state index in [1.165, 1.54) is 30.3 Å². The molecule has 2 heterocycles. The van der Waals surface area contributed by atoms with Crippen LogP contribution in [-0.4, -0.2) is 37.1 Å². The maximum Gasteiger partial charge on any atom is 0.339 e. The summed E-state index contributed by atoms with van der Waals surface area (Å²) in [6, 6.07) is 17.7. The van der Waals surface area contributed by atoms with Crippen LogP contribution in [0.15, 0.2) is 77.3 Å². The van der Waals surface area contributed by atoms with Gasteiger partial charge in [-0.3, -0.25) is 9.48 Å². The molecule has 0 aliphatic carbocycles. The zero-order valence-electron chi connectivity index (χ0n) is 20.1. The molecule has 9 nitrogen and oxygen atoms in total. The van der Waals surface area contributed by atoms with Crippen molar-refractivity contribution in [3.8, 4) is 28.3 Å². The fourth-order valence-electron chi connectivity index (χ4n) is 4.22. The number of unbranched alkanes of at least 4 members (excludes halogenated alkanes) is 1. The first-order chi connectivity index (χ1) is 18.4. The summed E-state index contributed by atoms with van der Waals surface area (Å²) in [5, 5.41) is 31.3. The van der Waals surface area contributed by atoms with Crippen LogP contribution in [0.5, 0.6) is 5.75 Å². The molecule has 0 saturated carbocycles. The average molecular weight is 515 g/mol. The Labute approximate surface area is 216 Å².